The number of imide groups is 1. The van der Waals surface area contributed by atoms with Crippen LogP contribution in [0.15, 0.2) is 23.3 Å². The highest BCUT2D eigenvalue weighted by Gasteiger charge is 2.32. The third kappa shape index (κ3) is 7.21. The zero-order valence-corrected chi connectivity index (χ0v) is 19.5. The summed E-state index contributed by atoms with van der Waals surface area (Å²) in [6.07, 6.45) is 1.25. The van der Waals surface area contributed by atoms with Crippen molar-refractivity contribution in [2.45, 2.75) is 57.1 Å². The zero-order chi connectivity index (χ0) is 24.0. The minimum Gasteiger partial charge on any atom is -0.493 e. The summed E-state index contributed by atoms with van der Waals surface area (Å²) in [5, 5.41) is 4.78. The Labute approximate surface area is 197 Å². The molecule has 1 fully saturated rings. The van der Waals surface area contributed by atoms with Gasteiger partial charge in [0.2, 0.25) is 5.91 Å². The number of carbonyl (C=O) groups excluding carboxylic acids is 4. The topological polar surface area (TPSA) is 124 Å². The minimum atomic E-state index is -0.667. The number of nitrogens with zero attached hydrogens (tertiary/aromatic N) is 2. The van der Waals surface area contributed by atoms with Gasteiger partial charge in [-0.2, -0.15) is 17.7 Å². The van der Waals surface area contributed by atoms with Crippen LogP contribution in [0.5, 0.6) is 11.5 Å². The first kappa shape index (κ1) is 24.6. The number of hydrazone groups is 1. The van der Waals surface area contributed by atoms with Crippen LogP contribution in [-0.2, 0) is 24.0 Å². The van der Waals surface area contributed by atoms with Crippen molar-refractivity contribution in [3.8, 4) is 11.5 Å². The Bertz CT molecular complexity index is 955. The fourth-order valence-corrected chi connectivity index (χ4v) is 3.38. The number of benzene rings is 1. The molecule has 1 aromatic carbocycles. The highest BCUT2D eigenvalue weighted by molar-refractivity contribution is 7.81. The van der Waals surface area contributed by atoms with Crippen molar-refractivity contribution in [3.05, 3.63) is 23.8 Å². The molecule has 10 nitrogen and oxygen atoms in total. The standard InChI is InChI=1S/C22H27N3O7S/c1-22(2,33)13-18(26)24-23-16-9-11-31-17-12-14(5-6-15(16)17)30-10-3-4-21(29)32-25-19(27)7-8-20(25)28/h5-6,12,33H,3-4,7-11,13H2,1-2H3,(H,24,26)/b23-16+. The van der Waals surface area contributed by atoms with E-state index >= 15 is 0 Å². The molecule has 0 bridgehead atoms. The normalized spacial score (nSPS) is 16.9. The summed E-state index contributed by atoms with van der Waals surface area (Å²) in [6.45, 7) is 4.36. The lowest BCUT2D eigenvalue weighted by molar-refractivity contribution is -0.197. The second kappa shape index (κ2) is 10.7. The molecule has 11 heteroatoms. The molecule has 33 heavy (non-hydrogen) atoms. The summed E-state index contributed by atoms with van der Waals surface area (Å²) in [4.78, 5) is 51.6. The van der Waals surface area contributed by atoms with E-state index in [4.69, 9.17) is 14.3 Å². The lowest BCUT2D eigenvalue weighted by atomic mass is 10.0. The van der Waals surface area contributed by atoms with Gasteiger partial charge in [0.1, 0.15) is 11.5 Å². The van der Waals surface area contributed by atoms with Crippen LogP contribution in [0.3, 0.4) is 0 Å². The Hall–Kier alpha value is -3.08. The van der Waals surface area contributed by atoms with E-state index < -0.39 is 22.5 Å². The van der Waals surface area contributed by atoms with Crippen molar-refractivity contribution in [2.75, 3.05) is 13.2 Å². The summed E-state index contributed by atoms with van der Waals surface area (Å²) in [5.74, 6) is -0.758. The number of thiol groups is 1. The molecule has 0 saturated carbocycles. The van der Waals surface area contributed by atoms with Gasteiger partial charge < -0.3 is 14.3 Å². The Morgan fingerprint density at radius 2 is 1.94 bits per heavy atom. The first-order valence-corrected chi connectivity index (χ1v) is 11.1. The maximum atomic E-state index is 12.0. The molecule has 1 N–H and O–H groups in total. The lowest BCUT2D eigenvalue weighted by Gasteiger charge is -2.20. The van der Waals surface area contributed by atoms with E-state index in [0.717, 1.165) is 5.56 Å². The second-order valence-corrected chi connectivity index (χ2v) is 9.55. The van der Waals surface area contributed by atoms with Crippen molar-refractivity contribution in [2.24, 2.45) is 5.10 Å². The first-order chi connectivity index (χ1) is 15.6. The van der Waals surface area contributed by atoms with Crippen LogP contribution >= 0.6 is 12.6 Å². The van der Waals surface area contributed by atoms with Crippen LogP contribution in [-0.4, -0.2) is 52.4 Å². The Balaban J connectivity index is 1.48. The molecule has 0 unspecified atom stereocenters. The minimum absolute atomic E-state index is 0.00189. The molecule has 2 aliphatic heterocycles. The van der Waals surface area contributed by atoms with Crippen LogP contribution in [0.25, 0.3) is 0 Å². The molecule has 0 aromatic heterocycles. The summed E-state index contributed by atoms with van der Waals surface area (Å²) >= 11 is 4.35. The number of hydrogen-bond acceptors (Lipinski definition) is 9. The maximum Gasteiger partial charge on any atom is 0.333 e. The average Bonchev–Trinajstić information content (AvgIpc) is 3.06. The van der Waals surface area contributed by atoms with Crippen molar-refractivity contribution in [1.82, 2.24) is 10.5 Å². The Kier molecular flexibility index (Phi) is 7.96. The Morgan fingerprint density at radius 3 is 2.64 bits per heavy atom. The van der Waals surface area contributed by atoms with E-state index in [2.05, 4.69) is 23.2 Å². The molecule has 1 saturated heterocycles. The van der Waals surface area contributed by atoms with E-state index in [1.165, 1.54) is 0 Å². The molecule has 0 radical (unpaired) electrons. The van der Waals surface area contributed by atoms with E-state index in [1.54, 1.807) is 18.2 Å². The predicted octanol–water partition coefficient (Wildman–Crippen LogP) is 2.15. The van der Waals surface area contributed by atoms with E-state index in [-0.39, 0.29) is 38.2 Å². The van der Waals surface area contributed by atoms with E-state index in [0.29, 0.717) is 41.7 Å². The molecular weight excluding hydrogens is 450 g/mol. The number of fused-ring (bicyclic) bond motifs is 1. The number of carbonyl (C=O) groups is 4. The van der Waals surface area contributed by atoms with Crippen molar-refractivity contribution >= 4 is 42.0 Å². The molecule has 0 atom stereocenters. The number of hydrogen-bond donors (Lipinski definition) is 2. The van der Waals surface area contributed by atoms with E-state index in [1.807, 2.05) is 13.8 Å². The summed E-state index contributed by atoms with van der Waals surface area (Å²) < 4.78 is 10.9. The first-order valence-electron chi connectivity index (χ1n) is 10.7. The maximum absolute atomic E-state index is 12.0. The van der Waals surface area contributed by atoms with Gasteiger partial charge in [0.15, 0.2) is 0 Å². The van der Waals surface area contributed by atoms with E-state index in [9.17, 15) is 19.2 Å². The quantitative estimate of drug-likeness (QED) is 0.242. The number of amides is 3. The lowest BCUT2D eigenvalue weighted by Crippen LogP contribution is -2.32. The van der Waals surface area contributed by atoms with Gasteiger partial charge in [-0.3, -0.25) is 14.4 Å². The fourth-order valence-electron chi connectivity index (χ4n) is 3.23. The van der Waals surface area contributed by atoms with Gasteiger partial charge in [0.05, 0.1) is 25.3 Å². The van der Waals surface area contributed by atoms with Crippen LogP contribution in [0.1, 0.15) is 57.9 Å². The summed E-state index contributed by atoms with van der Waals surface area (Å²) in [5.41, 5.74) is 4.05. The van der Waals surface area contributed by atoms with Gasteiger partial charge in [0, 0.05) is 42.1 Å². The van der Waals surface area contributed by atoms with Crippen molar-refractivity contribution < 1.29 is 33.5 Å². The number of ether oxygens (including phenoxy) is 2. The van der Waals surface area contributed by atoms with Crippen LogP contribution in [0.2, 0.25) is 0 Å². The molecule has 1 aromatic rings. The molecule has 2 heterocycles. The molecule has 2 aliphatic rings. The second-order valence-electron chi connectivity index (χ2n) is 8.34. The third-order valence-corrected chi connectivity index (χ3v) is 4.92. The van der Waals surface area contributed by atoms with Crippen LogP contribution < -0.4 is 14.9 Å². The molecule has 0 aliphatic carbocycles. The zero-order valence-electron chi connectivity index (χ0n) is 18.6. The predicted molar refractivity (Wildman–Crippen MR) is 121 cm³/mol. The highest BCUT2D eigenvalue weighted by Crippen LogP contribution is 2.29. The van der Waals surface area contributed by atoms with Gasteiger partial charge in [-0.25, -0.2) is 10.2 Å². The van der Waals surface area contributed by atoms with Gasteiger partial charge in [-0.1, -0.05) is 13.8 Å². The van der Waals surface area contributed by atoms with Crippen molar-refractivity contribution in [1.29, 1.82) is 0 Å². The van der Waals surface area contributed by atoms with Crippen LogP contribution in [0, 0.1) is 0 Å². The van der Waals surface area contributed by atoms with Gasteiger partial charge >= 0.3 is 5.97 Å². The molecule has 0 spiro atoms. The number of rotatable bonds is 9. The van der Waals surface area contributed by atoms with Crippen molar-refractivity contribution in [3.63, 3.8) is 0 Å². The summed E-state index contributed by atoms with van der Waals surface area (Å²) in [6, 6.07) is 5.28. The monoisotopic (exact) mass is 477 g/mol. The molecular formula is C22H27N3O7S. The SMILES string of the molecule is CC(C)(S)CC(=O)N/N=C1\CCOc2cc(OCCCC(=O)ON3C(=O)CCC3=O)ccc21. The largest absolute Gasteiger partial charge is 0.493 e. The number of nitrogens with one attached hydrogen (secondary N) is 1. The van der Waals surface area contributed by atoms with Gasteiger partial charge in [0.25, 0.3) is 11.8 Å². The molecule has 3 rings (SSSR count). The third-order valence-electron chi connectivity index (χ3n) is 4.76. The molecule has 178 valence electrons. The highest BCUT2D eigenvalue weighted by atomic mass is 32.1. The molecule has 3 amide bonds. The smallest absolute Gasteiger partial charge is 0.333 e. The fraction of sp³-hybridized carbons (Fsp3) is 0.500. The van der Waals surface area contributed by atoms with Crippen LogP contribution in [0.4, 0.5) is 0 Å². The Morgan fingerprint density at radius 1 is 1.21 bits per heavy atom. The summed E-state index contributed by atoms with van der Waals surface area (Å²) in [7, 11) is 0. The van der Waals surface area contributed by atoms with Gasteiger partial charge in [-0.15, -0.1) is 5.06 Å². The van der Waals surface area contributed by atoms with Gasteiger partial charge in [-0.05, 0) is 18.6 Å². The number of hydroxylamine groups is 2. The average molecular weight is 478 g/mol.